The Kier molecular flexibility index (Phi) is 7.39. The first kappa shape index (κ1) is 18.5. The molecule has 0 heterocycles. The van der Waals surface area contributed by atoms with E-state index < -0.39 is 5.97 Å². The van der Waals surface area contributed by atoms with Gasteiger partial charge in [0, 0.05) is 0 Å². The number of esters is 1. The highest BCUT2D eigenvalue weighted by Crippen LogP contribution is 2.27. The van der Waals surface area contributed by atoms with Crippen molar-refractivity contribution in [1.29, 1.82) is 0 Å². The number of hydrogen-bond donors (Lipinski definition) is 0. The van der Waals surface area contributed by atoms with Crippen LogP contribution in [-0.4, -0.2) is 30.4 Å². The van der Waals surface area contributed by atoms with Gasteiger partial charge in [-0.15, -0.1) is 11.6 Å². The number of benzene rings is 1. The second kappa shape index (κ2) is 8.79. The molecule has 22 heavy (non-hydrogen) atoms. The topological polar surface area (TPSA) is 46.6 Å². The highest BCUT2D eigenvalue weighted by molar-refractivity contribution is 6.29. The first-order chi connectivity index (χ1) is 10.4. The summed E-state index contributed by atoms with van der Waals surface area (Å²) in [5.41, 5.74) is 2.84. The van der Waals surface area contributed by atoms with E-state index in [9.17, 15) is 9.59 Å². The molecule has 5 heteroatoms. The predicted octanol–water partition coefficient (Wildman–Crippen LogP) is 3.33. The molecule has 0 atom stereocenters. The van der Waals surface area contributed by atoms with Gasteiger partial charge in [-0.25, -0.2) is 0 Å². The number of nitrogens with zero attached hydrogens (tertiary/aromatic N) is 1. The van der Waals surface area contributed by atoms with Gasteiger partial charge in [0.2, 0.25) is 5.91 Å². The van der Waals surface area contributed by atoms with E-state index in [4.69, 9.17) is 16.3 Å². The lowest BCUT2D eigenvalue weighted by Gasteiger charge is -2.26. The van der Waals surface area contributed by atoms with E-state index in [1.807, 2.05) is 32.0 Å². The van der Waals surface area contributed by atoms with Crippen molar-refractivity contribution in [2.75, 3.05) is 17.3 Å². The van der Waals surface area contributed by atoms with Gasteiger partial charge in [0.25, 0.3) is 0 Å². The van der Waals surface area contributed by atoms with Gasteiger partial charge >= 0.3 is 5.97 Å². The van der Waals surface area contributed by atoms with Crippen LogP contribution in [0.25, 0.3) is 0 Å². The maximum absolute atomic E-state index is 12.3. The lowest BCUT2D eigenvalue weighted by molar-refractivity contribution is -0.146. The molecule has 1 aromatic carbocycles. The SMILES string of the molecule is CCc1cccc(CC)c1N(CC(=O)OC(C)C)C(=O)CCl. The lowest BCUT2D eigenvalue weighted by atomic mass is 10.0. The van der Waals surface area contributed by atoms with E-state index in [0.717, 1.165) is 29.7 Å². The number of carbonyl (C=O) groups excluding carboxylic acids is 2. The molecule has 1 rings (SSSR count). The maximum Gasteiger partial charge on any atom is 0.326 e. The van der Waals surface area contributed by atoms with E-state index in [0.29, 0.717) is 0 Å². The first-order valence-corrected chi connectivity index (χ1v) is 8.14. The van der Waals surface area contributed by atoms with Crippen molar-refractivity contribution >= 4 is 29.2 Å². The van der Waals surface area contributed by atoms with Crippen molar-refractivity contribution in [3.8, 4) is 0 Å². The molecule has 4 nitrogen and oxygen atoms in total. The molecule has 0 aliphatic carbocycles. The Morgan fingerprint density at radius 3 is 2.14 bits per heavy atom. The summed E-state index contributed by atoms with van der Waals surface area (Å²) in [7, 11) is 0. The smallest absolute Gasteiger partial charge is 0.326 e. The number of rotatable bonds is 7. The minimum absolute atomic E-state index is 0.117. The molecule has 0 bridgehead atoms. The fraction of sp³-hybridized carbons (Fsp3) is 0.529. The van der Waals surface area contributed by atoms with Crippen molar-refractivity contribution in [3.63, 3.8) is 0 Å². The Bertz CT molecular complexity index is 506. The third kappa shape index (κ3) is 4.73. The summed E-state index contributed by atoms with van der Waals surface area (Å²) in [4.78, 5) is 25.7. The van der Waals surface area contributed by atoms with Gasteiger partial charge in [-0.1, -0.05) is 32.0 Å². The molecule has 0 aliphatic heterocycles. The Balaban J connectivity index is 3.22. The van der Waals surface area contributed by atoms with E-state index in [1.165, 1.54) is 4.90 Å². The number of para-hydroxylation sites is 1. The number of carbonyl (C=O) groups is 2. The molecule has 0 unspecified atom stereocenters. The molecule has 0 saturated heterocycles. The summed E-state index contributed by atoms with van der Waals surface area (Å²) in [5.74, 6) is -0.893. The molecule has 122 valence electrons. The first-order valence-electron chi connectivity index (χ1n) is 7.61. The van der Waals surface area contributed by atoms with Crippen molar-refractivity contribution < 1.29 is 14.3 Å². The summed E-state index contributed by atoms with van der Waals surface area (Å²) in [5, 5.41) is 0. The van der Waals surface area contributed by atoms with Crippen LogP contribution in [0.5, 0.6) is 0 Å². The maximum atomic E-state index is 12.3. The minimum Gasteiger partial charge on any atom is -0.462 e. The second-order valence-corrected chi connectivity index (χ2v) is 5.55. The van der Waals surface area contributed by atoms with Crippen LogP contribution in [0.2, 0.25) is 0 Å². The Hall–Kier alpha value is -1.55. The molecule has 1 aromatic rings. The van der Waals surface area contributed by atoms with E-state index in [-0.39, 0.29) is 24.4 Å². The van der Waals surface area contributed by atoms with E-state index >= 15 is 0 Å². The number of amides is 1. The molecule has 0 spiro atoms. The van der Waals surface area contributed by atoms with Crippen LogP contribution in [0.4, 0.5) is 5.69 Å². The molecule has 1 amide bonds. The molecule has 0 saturated carbocycles. The Morgan fingerprint density at radius 2 is 1.73 bits per heavy atom. The molecular weight excluding hydrogens is 302 g/mol. The molecule has 0 fully saturated rings. The van der Waals surface area contributed by atoms with Crippen LogP contribution in [-0.2, 0) is 27.2 Å². The summed E-state index contributed by atoms with van der Waals surface area (Å²) >= 11 is 5.73. The number of aryl methyl sites for hydroxylation is 2. The Morgan fingerprint density at radius 1 is 1.18 bits per heavy atom. The average molecular weight is 326 g/mol. The normalized spacial score (nSPS) is 10.6. The minimum atomic E-state index is -0.429. The summed E-state index contributed by atoms with van der Waals surface area (Å²) in [6.45, 7) is 7.49. The van der Waals surface area contributed by atoms with Gasteiger partial charge in [-0.05, 0) is 37.8 Å². The zero-order valence-electron chi connectivity index (χ0n) is 13.7. The lowest BCUT2D eigenvalue weighted by Crippen LogP contribution is -2.39. The second-order valence-electron chi connectivity index (χ2n) is 5.28. The van der Waals surface area contributed by atoms with E-state index in [1.54, 1.807) is 13.8 Å². The van der Waals surface area contributed by atoms with Gasteiger partial charge in [-0.2, -0.15) is 0 Å². The van der Waals surface area contributed by atoms with E-state index in [2.05, 4.69) is 0 Å². The van der Waals surface area contributed by atoms with Crippen LogP contribution in [0.1, 0.15) is 38.8 Å². The van der Waals surface area contributed by atoms with Gasteiger partial charge < -0.3 is 4.74 Å². The molecule has 0 N–H and O–H groups in total. The molecule has 0 aliphatic rings. The highest BCUT2D eigenvalue weighted by atomic mass is 35.5. The van der Waals surface area contributed by atoms with Gasteiger partial charge in [0.05, 0.1) is 11.8 Å². The standard InChI is InChI=1S/C17H24ClNO3/c1-5-13-8-7-9-14(6-2)17(13)19(15(20)10-18)11-16(21)22-12(3)4/h7-9,12H,5-6,10-11H2,1-4H3. The van der Waals surface area contributed by atoms with Crippen molar-refractivity contribution in [2.45, 2.75) is 46.6 Å². The monoisotopic (exact) mass is 325 g/mol. The van der Waals surface area contributed by atoms with Crippen molar-refractivity contribution in [1.82, 2.24) is 0 Å². The number of halogens is 1. The van der Waals surface area contributed by atoms with Crippen LogP contribution < -0.4 is 4.90 Å². The van der Waals surface area contributed by atoms with Crippen molar-refractivity contribution in [2.24, 2.45) is 0 Å². The van der Waals surface area contributed by atoms with Crippen LogP contribution in [0.15, 0.2) is 18.2 Å². The number of alkyl halides is 1. The highest BCUT2D eigenvalue weighted by Gasteiger charge is 2.23. The average Bonchev–Trinajstić information content (AvgIpc) is 2.50. The largest absolute Gasteiger partial charge is 0.462 e. The fourth-order valence-corrected chi connectivity index (χ4v) is 2.50. The molecular formula is C17H24ClNO3. The quantitative estimate of drug-likeness (QED) is 0.570. The summed E-state index contributed by atoms with van der Waals surface area (Å²) < 4.78 is 5.17. The summed E-state index contributed by atoms with van der Waals surface area (Å²) in [6.07, 6.45) is 1.33. The van der Waals surface area contributed by atoms with Gasteiger partial charge in [0.15, 0.2) is 0 Å². The molecule has 0 aromatic heterocycles. The summed E-state index contributed by atoms with van der Waals surface area (Å²) in [6, 6.07) is 5.91. The van der Waals surface area contributed by atoms with Gasteiger partial charge in [-0.3, -0.25) is 14.5 Å². The van der Waals surface area contributed by atoms with Crippen molar-refractivity contribution in [3.05, 3.63) is 29.3 Å². The van der Waals surface area contributed by atoms with Gasteiger partial charge in [0.1, 0.15) is 12.4 Å². The zero-order chi connectivity index (χ0) is 16.7. The Labute approximate surface area is 137 Å². The number of ether oxygens (including phenoxy) is 1. The van der Waals surface area contributed by atoms with Crippen LogP contribution in [0.3, 0.4) is 0 Å². The third-order valence-corrected chi connectivity index (χ3v) is 3.53. The third-order valence-electron chi connectivity index (χ3n) is 3.30. The number of hydrogen-bond acceptors (Lipinski definition) is 3. The molecule has 0 radical (unpaired) electrons. The van der Waals surface area contributed by atoms with Crippen LogP contribution in [0, 0.1) is 0 Å². The fourth-order valence-electron chi connectivity index (χ4n) is 2.36. The van der Waals surface area contributed by atoms with Crippen LogP contribution >= 0.6 is 11.6 Å². The zero-order valence-corrected chi connectivity index (χ0v) is 14.4. The predicted molar refractivity (Wildman–Crippen MR) is 89.5 cm³/mol. The number of anilines is 1.